The molecule has 3 rings (SSSR count). The Morgan fingerprint density at radius 3 is 2.52 bits per heavy atom. The van der Waals surface area contributed by atoms with Crippen molar-refractivity contribution in [1.29, 1.82) is 0 Å². The van der Waals surface area contributed by atoms with Crippen molar-refractivity contribution in [3.8, 4) is 11.5 Å². The summed E-state index contributed by atoms with van der Waals surface area (Å²) < 4.78 is 15.4. The average Bonchev–Trinajstić information content (AvgIpc) is 2.66. The lowest BCUT2D eigenvalue weighted by Crippen LogP contribution is -2.28. The van der Waals surface area contributed by atoms with Gasteiger partial charge in [0.25, 0.3) is 5.56 Å². The molecular weight excluding hydrogens is 350 g/mol. The SMILES string of the molecule is CCOC(=O)c1cc2c([nH]c1=O)C[C@@H](c1ccc(OC)c(OC)c1)CC2=O. The van der Waals surface area contributed by atoms with Crippen molar-refractivity contribution >= 4 is 11.8 Å². The number of nitrogens with one attached hydrogen (secondary N) is 1. The summed E-state index contributed by atoms with van der Waals surface area (Å²) in [6.07, 6.45) is 0.756. The van der Waals surface area contributed by atoms with Crippen molar-refractivity contribution in [1.82, 2.24) is 4.98 Å². The fraction of sp³-hybridized carbons (Fsp3) is 0.350. The lowest BCUT2D eigenvalue weighted by molar-refractivity contribution is 0.0524. The zero-order valence-electron chi connectivity index (χ0n) is 15.5. The first-order valence-electron chi connectivity index (χ1n) is 8.66. The van der Waals surface area contributed by atoms with E-state index in [0.717, 1.165) is 5.56 Å². The van der Waals surface area contributed by atoms with Crippen molar-refractivity contribution in [3.05, 3.63) is 57.0 Å². The van der Waals surface area contributed by atoms with Crippen molar-refractivity contribution in [2.45, 2.75) is 25.7 Å². The summed E-state index contributed by atoms with van der Waals surface area (Å²) in [5.74, 6) is 0.235. The van der Waals surface area contributed by atoms with Crippen LogP contribution in [0.1, 0.15) is 51.2 Å². The number of hydrogen-bond donors (Lipinski definition) is 1. The van der Waals surface area contributed by atoms with Gasteiger partial charge in [-0.2, -0.15) is 0 Å². The summed E-state index contributed by atoms with van der Waals surface area (Å²) >= 11 is 0. The molecule has 1 aliphatic carbocycles. The predicted molar refractivity (Wildman–Crippen MR) is 98.0 cm³/mol. The summed E-state index contributed by atoms with van der Waals surface area (Å²) in [7, 11) is 3.11. The van der Waals surface area contributed by atoms with Crippen LogP contribution in [-0.2, 0) is 11.2 Å². The molecule has 1 aromatic carbocycles. The summed E-state index contributed by atoms with van der Waals surface area (Å²) in [5, 5.41) is 0. The highest BCUT2D eigenvalue weighted by Gasteiger charge is 2.29. The van der Waals surface area contributed by atoms with E-state index in [9.17, 15) is 14.4 Å². The minimum absolute atomic E-state index is 0.103. The van der Waals surface area contributed by atoms with E-state index in [1.165, 1.54) is 6.07 Å². The number of aromatic amines is 1. The number of aromatic nitrogens is 1. The number of rotatable bonds is 5. The van der Waals surface area contributed by atoms with Gasteiger partial charge in [0.1, 0.15) is 5.56 Å². The Morgan fingerprint density at radius 1 is 1.11 bits per heavy atom. The molecule has 0 fully saturated rings. The van der Waals surface area contributed by atoms with Crippen LogP contribution in [-0.4, -0.2) is 37.6 Å². The highest BCUT2D eigenvalue weighted by molar-refractivity contribution is 6.01. The molecular formula is C20H21NO6. The monoisotopic (exact) mass is 371 g/mol. The first kappa shape index (κ1) is 18.7. The Labute approximate surface area is 156 Å². The molecule has 0 amide bonds. The summed E-state index contributed by atoms with van der Waals surface area (Å²) in [4.78, 5) is 39.5. The lowest BCUT2D eigenvalue weighted by atomic mass is 9.81. The normalized spacial score (nSPS) is 15.8. The van der Waals surface area contributed by atoms with Gasteiger partial charge in [0.2, 0.25) is 0 Å². The molecule has 0 unspecified atom stereocenters. The summed E-state index contributed by atoms with van der Waals surface area (Å²) in [6.45, 7) is 1.81. The molecule has 1 aliphatic rings. The Bertz CT molecular complexity index is 946. The maximum absolute atomic E-state index is 12.7. The number of carbonyl (C=O) groups excluding carboxylic acids is 2. The smallest absolute Gasteiger partial charge is 0.343 e. The van der Waals surface area contributed by atoms with Crippen LogP contribution in [0.3, 0.4) is 0 Å². The Kier molecular flexibility index (Phi) is 5.30. The molecule has 1 N–H and O–H groups in total. The van der Waals surface area contributed by atoms with Crippen molar-refractivity contribution in [2.75, 3.05) is 20.8 Å². The molecule has 7 heteroatoms. The maximum Gasteiger partial charge on any atom is 0.343 e. The molecule has 0 saturated heterocycles. The number of ether oxygens (including phenoxy) is 3. The predicted octanol–water partition coefficient (Wildman–Crippen LogP) is 2.48. The van der Waals surface area contributed by atoms with Gasteiger partial charge in [-0.3, -0.25) is 9.59 Å². The zero-order chi connectivity index (χ0) is 19.6. The minimum atomic E-state index is -0.726. The van der Waals surface area contributed by atoms with E-state index < -0.39 is 11.5 Å². The van der Waals surface area contributed by atoms with Gasteiger partial charge in [-0.1, -0.05) is 6.07 Å². The number of H-pyrrole nitrogens is 1. The summed E-state index contributed by atoms with van der Waals surface area (Å²) in [5.41, 5.74) is 1.13. The molecule has 1 aromatic heterocycles. The summed E-state index contributed by atoms with van der Waals surface area (Å²) in [6, 6.07) is 6.86. The fourth-order valence-electron chi connectivity index (χ4n) is 3.33. The molecule has 0 radical (unpaired) electrons. The van der Waals surface area contributed by atoms with Gasteiger partial charge >= 0.3 is 5.97 Å². The third-order valence-corrected chi connectivity index (χ3v) is 4.68. The molecule has 0 spiro atoms. The van der Waals surface area contributed by atoms with Gasteiger partial charge in [-0.25, -0.2) is 4.79 Å². The van der Waals surface area contributed by atoms with Crippen LogP contribution in [0.15, 0.2) is 29.1 Å². The van der Waals surface area contributed by atoms with Gasteiger partial charge < -0.3 is 19.2 Å². The van der Waals surface area contributed by atoms with E-state index in [-0.39, 0.29) is 30.3 Å². The highest BCUT2D eigenvalue weighted by Crippen LogP contribution is 2.36. The quantitative estimate of drug-likeness (QED) is 0.812. The van der Waals surface area contributed by atoms with Gasteiger partial charge in [-0.05, 0) is 43.0 Å². The van der Waals surface area contributed by atoms with Crippen LogP contribution in [0.5, 0.6) is 11.5 Å². The topological polar surface area (TPSA) is 94.7 Å². The Hall–Kier alpha value is -3.09. The third kappa shape index (κ3) is 3.58. The van der Waals surface area contributed by atoms with Crippen LogP contribution in [0, 0.1) is 0 Å². The average molecular weight is 371 g/mol. The Balaban J connectivity index is 1.95. The molecule has 27 heavy (non-hydrogen) atoms. The number of benzene rings is 1. The molecule has 1 atom stereocenters. The molecule has 0 aliphatic heterocycles. The van der Waals surface area contributed by atoms with E-state index >= 15 is 0 Å². The largest absolute Gasteiger partial charge is 0.493 e. The van der Waals surface area contributed by atoms with Crippen LogP contribution < -0.4 is 15.0 Å². The zero-order valence-corrected chi connectivity index (χ0v) is 15.5. The van der Waals surface area contributed by atoms with Crippen LogP contribution in [0.4, 0.5) is 0 Å². The maximum atomic E-state index is 12.7. The molecule has 142 valence electrons. The van der Waals surface area contributed by atoms with Crippen LogP contribution in [0.2, 0.25) is 0 Å². The number of ketones is 1. The molecule has 7 nitrogen and oxygen atoms in total. The van der Waals surface area contributed by atoms with Gasteiger partial charge in [0, 0.05) is 17.7 Å². The number of carbonyl (C=O) groups is 2. The molecule has 2 aromatic rings. The Morgan fingerprint density at radius 2 is 1.85 bits per heavy atom. The number of esters is 1. The second-order valence-electron chi connectivity index (χ2n) is 6.27. The van der Waals surface area contributed by atoms with Crippen LogP contribution >= 0.6 is 0 Å². The minimum Gasteiger partial charge on any atom is -0.493 e. The number of methoxy groups -OCH3 is 2. The first-order valence-corrected chi connectivity index (χ1v) is 8.66. The van der Waals surface area contributed by atoms with E-state index in [0.29, 0.717) is 29.2 Å². The second-order valence-corrected chi connectivity index (χ2v) is 6.27. The van der Waals surface area contributed by atoms with E-state index in [2.05, 4.69) is 4.98 Å². The first-order chi connectivity index (χ1) is 13.0. The molecule has 0 bridgehead atoms. The number of hydrogen-bond acceptors (Lipinski definition) is 6. The highest BCUT2D eigenvalue weighted by atomic mass is 16.5. The number of pyridine rings is 1. The van der Waals surface area contributed by atoms with E-state index in [1.54, 1.807) is 27.2 Å². The van der Waals surface area contributed by atoms with Crippen molar-refractivity contribution in [2.24, 2.45) is 0 Å². The van der Waals surface area contributed by atoms with Gasteiger partial charge in [0.05, 0.1) is 20.8 Å². The number of Topliss-reactive ketones (excluding diaryl/α,β-unsaturated/α-hetero) is 1. The lowest BCUT2D eigenvalue weighted by Gasteiger charge is -2.24. The van der Waals surface area contributed by atoms with Crippen LogP contribution in [0.25, 0.3) is 0 Å². The van der Waals surface area contributed by atoms with E-state index in [4.69, 9.17) is 14.2 Å². The van der Waals surface area contributed by atoms with Gasteiger partial charge in [0.15, 0.2) is 17.3 Å². The second kappa shape index (κ2) is 7.65. The van der Waals surface area contributed by atoms with Crippen molar-refractivity contribution in [3.63, 3.8) is 0 Å². The molecule has 1 heterocycles. The van der Waals surface area contributed by atoms with Gasteiger partial charge in [-0.15, -0.1) is 0 Å². The van der Waals surface area contributed by atoms with E-state index in [1.807, 2.05) is 12.1 Å². The third-order valence-electron chi connectivity index (χ3n) is 4.68. The standard InChI is InChI=1S/C20H21NO6/c1-4-27-20(24)14-10-13-15(21-19(14)23)7-12(8-16(13)22)11-5-6-17(25-2)18(9-11)26-3/h5-6,9-10,12H,4,7-8H2,1-3H3,(H,21,23)/t12-/m1/s1. The molecule has 0 saturated carbocycles. The van der Waals surface area contributed by atoms with Crippen molar-refractivity contribution < 1.29 is 23.8 Å². The number of fused-ring (bicyclic) bond motifs is 1. The fourth-order valence-corrected chi connectivity index (χ4v) is 3.33.